The third-order valence-corrected chi connectivity index (χ3v) is 1.66. The molecule has 0 fully saturated rings. The lowest BCUT2D eigenvalue weighted by Gasteiger charge is -1.99. The molecule has 0 aromatic heterocycles. The van der Waals surface area contributed by atoms with Gasteiger partial charge in [-0.2, -0.15) is 0 Å². The van der Waals surface area contributed by atoms with Crippen LogP contribution in [0.5, 0.6) is 0 Å². The van der Waals surface area contributed by atoms with E-state index < -0.39 is 10.9 Å². The SMILES string of the molecule is C=C(C(=O)O)c1cccc([N+](=O)[O-])c1. The Morgan fingerprint density at radius 2 is 2.14 bits per heavy atom. The molecule has 0 saturated carbocycles. The highest BCUT2D eigenvalue weighted by Gasteiger charge is 2.11. The van der Waals surface area contributed by atoms with Crippen LogP contribution in [0.4, 0.5) is 5.69 Å². The van der Waals surface area contributed by atoms with Crippen LogP contribution in [-0.2, 0) is 4.79 Å². The van der Waals surface area contributed by atoms with E-state index in [0.717, 1.165) is 0 Å². The Bertz CT molecular complexity index is 411. The number of non-ortho nitro benzene ring substituents is 1. The highest BCUT2D eigenvalue weighted by Crippen LogP contribution is 2.18. The summed E-state index contributed by atoms with van der Waals surface area (Å²) in [4.78, 5) is 20.3. The van der Waals surface area contributed by atoms with Crippen LogP contribution in [0.3, 0.4) is 0 Å². The number of hydrogen-bond donors (Lipinski definition) is 1. The summed E-state index contributed by atoms with van der Waals surface area (Å²) in [6, 6.07) is 5.35. The van der Waals surface area contributed by atoms with Crippen molar-refractivity contribution in [3.8, 4) is 0 Å². The lowest BCUT2D eigenvalue weighted by molar-refractivity contribution is -0.384. The highest BCUT2D eigenvalue weighted by atomic mass is 16.6. The fourth-order valence-corrected chi connectivity index (χ4v) is 0.931. The molecule has 14 heavy (non-hydrogen) atoms. The molecule has 72 valence electrons. The first-order chi connectivity index (χ1) is 6.52. The van der Waals surface area contributed by atoms with Crippen LogP contribution in [0.1, 0.15) is 5.56 Å². The monoisotopic (exact) mass is 193 g/mol. The predicted molar refractivity (Wildman–Crippen MR) is 49.8 cm³/mol. The number of carboxylic acids is 1. The molecule has 0 spiro atoms. The third-order valence-electron chi connectivity index (χ3n) is 1.66. The van der Waals surface area contributed by atoms with Gasteiger partial charge in [0.15, 0.2) is 0 Å². The van der Waals surface area contributed by atoms with Crippen molar-refractivity contribution < 1.29 is 14.8 Å². The molecule has 1 aromatic rings. The third kappa shape index (κ3) is 1.95. The van der Waals surface area contributed by atoms with Crippen molar-refractivity contribution in [2.75, 3.05) is 0 Å². The van der Waals surface area contributed by atoms with Crippen LogP contribution in [0, 0.1) is 10.1 Å². The largest absolute Gasteiger partial charge is 0.478 e. The second-order valence-corrected chi connectivity index (χ2v) is 2.59. The number of nitro benzene ring substituents is 1. The summed E-state index contributed by atoms with van der Waals surface area (Å²) in [5, 5.41) is 19.0. The topological polar surface area (TPSA) is 80.4 Å². The minimum absolute atomic E-state index is 0.148. The van der Waals surface area contributed by atoms with Crippen molar-refractivity contribution in [2.45, 2.75) is 0 Å². The molecule has 0 unspecified atom stereocenters. The number of aliphatic carboxylic acids is 1. The number of rotatable bonds is 3. The molecular weight excluding hydrogens is 186 g/mol. The summed E-state index contributed by atoms with van der Waals surface area (Å²) < 4.78 is 0. The maximum Gasteiger partial charge on any atom is 0.335 e. The van der Waals surface area contributed by atoms with E-state index in [9.17, 15) is 14.9 Å². The Kier molecular flexibility index (Phi) is 2.62. The normalized spacial score (nSPS) is 9.43. The van der Waals surface area contributed by atoms with Gasteiger partial charge in [0.2, 0.25) is 0 Å². The maximum atomic E-state index is 10.5. The molecule has 5 heteroatoms. The zero-order valence-corrected chi connectivity index (χ0v) is 7.14. The van der Waals surface area contributed by atoms with Crippen molar-refractivity contribution in [3.05, 3.63) is 46.5 Å². The van der Waals surface area contributed by atoms with E-state index in [2.05, 4.69) is 6.58 Å². The van der Waals surface area contributed by atoms with E-state index in [1.807, 2.05) is 0 Å². The zero-order valence-electron chi connectivity index (χ0n) is 7.14. The minimum Gasteiger partial charge on any atom is -0.478 e. The quantitative estimate of drug-likeness (QED) is 0.450. The molecule has 0 heterocycles. The Morgan fingerprint density at radius 1 is 1.50 bits per heavy atom. The molecule has 5 nitrogen and oxygen atoms in total. The Labute approximate surface area is 79.4 Å². The summed E-state index contributed by atoms with van der Waals surface area (Å²) in [7, 11) is 0. The molecular formula is C9H7NO4. The molecule has 0 radical (unpaired) electrons. The van der Waals surface area contributed by atoms with Gasteiger partial charge in [-0.3, -0.25) is 10.1 Å². The van der Waals surface area contributed by atoms with Gasteiger partial charge in [-0.25, -0.2) is 4.79 Å². The van der Waals surface area contributed by atoms with Crippen molar-refractivity contribution in [1.29, 1.82) is 0 Å². The first kappa shape index (κ1) is 9.91. The van der Waals surface area contributed by atoms with Gasteiger partial charge >= 0.3 is 5.97 Å². The maximum absolute atomic E-state index is 10.5. The molecule has 1 rings (SSSR count). The van der Waals surface area contributed by atoms with Gasteiger partial charge in [-0.15, -0.1) is 0 Å². The lowest BCUT2D eigenvalue weighted by atomic mass is 10.1. The van der Waals surface area contributed by atoms with Gasteiger partial charge in [-0.05, 0) is 5.56 Å². The zero-order chi connectivity index (χ0) is 10.7. The number of nitrogens with zero attached hydrogens (tertiary/aromatic N) is 1. The second kappa shape index (κ2) is 3.69. The number of benzene rings is 1. The van der Waals surface area contributed by atoms with Crippen molar-refractivity contribution in [2.24, 2.45) is 0 Å². The molecule has 0 aliphatic carbocycles. The van der Waals surface area contributed by atoms with E-state index >= 15 is 0 Å². The van der Waals surface area contributed by atoms with Gasteiger partial charge in [0.25, 0.3) is 5.69 Å². The first-order valence-corrected chi connectivity index (χ1v) is 3.69. The summed E-state index contributed by atoms with van der Waals surface area (Å²) in [6.07, 6.45) is 0. The van der Waals surface area contributed by atoms with E-state index in [1.165, 1.54) is 24.3 Å². The lowest BCUT2D eigenvalue weighted by Crippen LogP contribution is -1.98. The second-order valence-electron chi connectivity index (χ2n) is 2.59. The predicted octanol–water partition coefficient (Wildman–Crippen LogP) is 1.69. The van der Waals surface area contributed by atoms with Crippen LogP contribution in [0.2, 0.25) is 0 Å². The van der Waals surface area contributed by atoms with Crippen LogP contribution in [0.15, 0.2) is 30.8 Å². The first-order valence-electron chi connectivity index (χ1n) is 3.69. The Morgan fingerprint density at radius 3 is 2.64 bits per heavy atom. The van der Waals surface area contributed by atoms with Gasteiger partial charge in [0, 0.05) is 12.1 Å². The molecule has 0 aliphatic rings. The van der Waals surface area contributed by atoms with Crippen LogP contribution in [0.25, 0.3) is 5.57 Å². The van der Waals surface area contributed by atoms with Gasteiger partial charge < -0.3 is 5.11 Å². The summed E-state index contributed by atoms with van der Waals surface area (Å²) >= 11 is 0. The molecule has 0 bridgehead atoms. The molecule has 1 aromatic carbocycles. The molecule has 0 aliphatic heterocycles. The summed E-state index contributed by atoms with van der Waals surface area (Å²) in [6.45, 7) is 3.30. The molecule has 1 N–H and O–H groups in total. The van der Waals surface area contributed by atoms with Gasteiger partial charge in [0.1, 0.15) is 0 Å². The Balaban J connectivity index is 3.12. The van der Waals surface area contributed by atoms with Crippen molar-refractivity contribution in [3.63, 3.8) is 0 Å². The van der Waals surface area contributed by atoms with E-state index in [-0.39, 0.29) is 16.8 Å². The number of carboxylic acid groups (broad SMARTS) is 1. The molecule has 0 atom stereocenters. The number of carbonyl (C=O) groups is 1. The van der Waals surface area contributed by atoms with Gasteiger partial charge in [0.05, 0.1) is 10.5 Å². The summed E-state index contributed by atoms with van der Waals surface area (Å²) in [5.74, 6) is -1.19. The average Bonchev–Trinajstić information content (AvgIpc) is 2.16. The van der Waals surface area contributed by atoms with Crippen molar-refractivity contribution >= 4 is 17.2 Å². The van der Waals surface area contributed by atoms with Crippen molar-refractivity contribution in [1.82, 2.24) is 0 Å². The fourth-order valence-electron chi connectivity index (χ4n) is 0.931. The van der Waals surface area contributed by atoms with Gasteiger partial charge in [-0.1, -0.05) is 18.7 Å². The van der Waals surface area contributed by atoms with Crippen LogP contribution >= 0.6 is 0 Å². The smallest absolute Gasteiger partial charge is 0.335 e. The van der Waals surface area contributed by atoms with E-state index in [4.69, 9.17) is 5.11 Å². The minimum atomic E-state index is -1.19. The van der Waals surface area contributed by atoms with Crippen LogP contribution < -0.4 is 0 Å². The van der Waals surface area contributed by atoms with Crippen LogP contribution in [-0.4, -0.2) is 16.0 Å². The molecule has 0 saturated heterocycles. The number of hydrogen-bond acceptors (Lipinski definition) is 3. The molecule has 0 amide bonds. The fraction of sp³-hybridized carbons (Fsp3) is 0. The Hall–Kier alpha value is -2.17. The number of nitro groups is 1. The average molecular weight is 193 g/mol. The van der Waals surface area contributed by atoms with E-state index in [1.54, 1.807) is 0 Å². The van der Waals surface area contributed by atoms with E-state index in [0.29, 0.717) is 0 Å². The highest BCUT2D eigenvalue weighted by molar-refractivity contribution is 6.14. The standard InChI is InChI=1S/C9H7NO4/c1-6(9(11)12)7-3-2-4-8(5-7)10(13)14/h2-5H,1H2,(H,11,12). The summed E-state index contributed by atoms with van der Waals surface area (Å²) in [5.41, 5.74) is -0.0645.